The van der Waals surface area contributed by atoms with E-state index in [1.165, 1.54) is 44.9 Å². The predicted molar refractivity (Wildman–Crippen MR) is 81.7 cm³/mol. The van der Waals surface area contributed by atoms with E-state index in [1.54, 1.807) is 0 Å². The Bertz CT molecular complexity index is 218. The molecule has 0 radical (unpaired) electrons. The van der Waals surface area contributed by atoms with Gasteiger partial charge in [-0.1, -0.05) is 57.8 Å². The summed E-state index contributed by atoms with van der Waals surface area (Å²) in [5.74, 6) is 0. The van der Waals surface area contributed by atoms with Gasteiger partial charge in [-0.15, -0.1) is 0 Å². The Morgan fingerprint density at radius 3 is 0.895 bits per heavy atom. The predicted octanol–water partition coefficient (Wildman–Crippen LogP) is 5.59. The Labute approximate surface area is 127 Å². The highest BCUT2D eigenvalue weighted by Gasteiger charge is 1.97. The molecule has 0 unspecified atom stereocenters. The summed E-state index contributed by atoms with van der Waals surface area (Å²) in [6, 6.07) is 0. The molecule has 0 rings (SSSR count). The van der Waals surface area contributed by atoms with Crippen molar-refractivity contribution in [1.29, 1.82) is 0 Å². The van der Waals surface area contributed by atoms with E-state index in [0.29, 0.717) is 12.8 Å². The van der Waals surface area contributed by atoms with E-state index < -0.39 is 0 Å². The molecule has 0 bridgehead atoms. The van der Waals surface area contributed by atoms with Gasteiger partial charge in [0.1, 0.15) is 0 Å². The third kappa shape index (κ3) is 17.9. The molecule has 0 amide bonds. The summed E-state index contributed by atoms with van der Waals surface area (Å²) in [6.45, 7) is 0. The highest BCUT2D eigenvalue weighted by Crippen LogP contribution is 2.13. The zero-order chi connectivity index (χ0) is 14.3. The van der Waals surface area contributed by atoms with Gasteiger partial charge in [-0.3, -0.25) is 9.59 Å². The monoisotopic (exact) mass is 308 g/mol. The molecule has 0 N–H and O–H groups in total. The van der Waals surface area contributed by atoms with Gasteiger partial charge < -0.3 is 0 Å². The summed E-state index contributed by atoms with van der Waals surface area (Å²) >= 11 is 10.5. The molecule has 112 valence electrons. The Hall–Kier alpha value is -0.0800. The maximum Gasteiger partial charge on any atom is 0.221 e. The molecule has 0 aromatic heterocycles. The topological polar surface area (TPSA) is 34.1 Å². The van der Waals surface area contributed by atoms with E-state index in [4.69, 9.17) is 23.2 Å². The van der Waals surface area contributed by atoms with E-state index >= 15 is 0 Å². The van der Waals surface area contributed by atoms with Crippen LogP contribution in [0.15, 0.2) is 0 Å². The number of unbranched alkanes of at least 4 members (excludes halogenated alkanes) is 10. The van der Waals surface area contributed by atoms with Crippen molar-refractivity contribution >= 4 is 33.7 Å². The van der Waals surface area contributed by atoms with Gasteiger partial charge in [0, 0.05) is 12.8 Å². The average Bonchev–Trinajstić information content (AvgIpc) is 2.34. The van der Waals surface area contributed by atoms with Crippen molar-refractivity contribution in [3.63, 3.8) is 0 Å². The first kappa shape index (κ1) is 18.9. The van der Waals surface area contributed by atoms with Crippen LogP contribution in [-0.2, 0) is 9.59 Å². The molecular formula is C15H26Cl2O2. The number of carbonyl (C=O) groups excluding carboxylic acids is 2. The van der Waals surface area contributed by atoms with Gasteiger partial charge in [0.05, 0.1) is 0 Å². The summed E-state index contributed by atoms with van der Waals surface area (Å²) in [5.41, 5.74) is 0. The van der Waals surface area contributed by atoms with Crippen molar-refractivity contribution in [2.24, 2.45) is 0 Å². The fourth-order valence-corrected chi connectivity index (χ4v) is 2.39. The van der Waals surface area contributed by atoms with Crippen molar-refractivity contribution in [2.45, 2.75) is 83.5 Å². The first-order chi connectivity index (χ1) is 9.13. The Morgan fingerprint density at radius 1 is 0.474 bits per heavy atom. The lowest BCUT2D eigenvalue weighted by molar-refractivity contribution is -0.112. The van der Waals surface area contributed by atoms with Crippen LogP contribution in [0, 0.1) is 0 Å². The summed E-state index contributed by atoms with van der Waals surface area (Å²) in [6.07, 6.45) is 13.9. The molecule has 0 aliphatic carbocycles. The van der Waals surface area contributed by atoms with Crippen LogP contribution in [0.2, 0.25) is 0 Å². The average molecular weight is 309 g/mol. The summed E-state index contributed by atoms with van der Waals surface area (Å²) in [7, 11) is 0. The number of rotatable bonds is 14. The molecule has 0 saturated heterocycles. The number of hydrogen-bond acceptors (Lipinski definition) is 2. The summed E-state index contributed by atoms with van der Waals surface area (Å²) < 4.78 is 0. The SMILES string of the molecule is O=C(Cl)CCCCCCCCCCCCCC(=O)Cl. The number of hydrogen-bond donors (Lipinski definition) is 0. The van der Waals surface area contributed by atoms with Crippen molar-refractivity contribution in [1.82, 2.24) is 0 Å². The normalized spacial score (nSPS) is 10.6. The summed E-state index contributed by atoms with van der Waals surface area (Å²) in [5, 5.41) is -0.424. The van der Waals surface area contributed by atoms with Crippen LogP contribution < -0.4 is 0 Å². The zero-order valence-electron chi connectivity index (χ0n) is 11.8. The Balaban J connectivity index is 2.99. The first-order valence-electron chi connectivity index (χ1n) is 7.49. The molecule has 19 heavy (non-hydrogen) atoms. The van der Waals surface area contributed by atoms with Crippen LogP contribution >= 0.6 is 23.2 Å². The van der Waals surface area contributed by atoms with Crippen molar-refractivity contribution < 1.29 is 9.59 Å². The number of carbonyl (C=O) groups is 2. The standard InChI is InChI=1S/C15H26Cl2O2/c16-14(18)12-10-8-6-4-2-1-3-5-7-9-11-13-15(17)19/h1-13H2. The third-order valence-corrected chi connectivity index (χ3v) is 3.62. The largest absolute Gasteiger partial charge is 0.281 e. The molecule has 0 atom stereocenters. The third-order valence-electron chi connectivity index (χ3n) is 3.25. The van der Waals surface area contributed by atoms with Crippen LogP contribution in [0.25, 0.3) is 0 Å². The molecule has 0 aromatic rings. The van der Waals surface area contributed by atoms with Gasteiger partial charge in [0.25, 0.3) is 0 Å². The van der Waals surface area contributed by atoms with Gasteiger partial charge in [-0.05, 0) is 36.0 Å². The molecule has 0 aliphatic rings. The molecular weight excluding hydrogens is 283 g/mol. The zero-order valence-corrected chi connectivity index (χ0v) is 13.3. The van der Waals surface area contributed by atoms with Crippen LogP contribution in [0.3, 0.4) is 0 Å². The minimum Gasteiger partial charge on any atom is -0.281 e. The van der Waals surface area contributed by atoms with E-state index in [1.807, 2.05) is 0 Å². The van der Waals surface area contributed by atoms with E-state index in [0.717, 1.165) is 25.7 Å². The minimum atomic E-state index is -0.212. The van der Waals surface area contributed by atoms with E-state index in [-0.39, 0.29) is 10.5 Å². The molecule has 2 nitrogen and oxygen atoms in total. The van der Waals surface area contributed by atoms with Gasteiger partial charge in [-0.25, -0.2) is 0 Å². The van der Waals surface area contributed by atoms with Gasteiger partial charge in [0.2, 0.25) is 10.5 Å². The molecule has 0 aromatic carbocycles. The smallest absolute Gasteiger partial charge is 0.221 e. The van der Waals surface area contributed by atoms with Crippen molar-refractivity contribution in [3.05, 3.63) is 0 Å². The van der Waals surface area contributed by atoms with Gasteiger partial charge in [0.15, 0.2) is 0 Å². The molecule has 4 heteroatoms. The first-order valence-corrected chi connectivity index (χ1v) is 8.25. The van der Waals surface area contributed by atoms with Crippen LogP contribution in [-0.4, -0.2) is 10.5 Å². The highest BCUT2D eigenvalue weighted by atomic mass is 35.5. The van der Waals surface area contributed by atoms with Gasteiger partial charge >= 0.3 is 0 Å². The van der Waals surface area contributed by atoms with Crippen LogP contribution in [0.5, 0.6) is 0 Å². The lowest BCUT2D eigenvalue weighted by Gasteiger charge is -2.02. The highest BCUT2D eigenvalue weighted by molar-refractivity contribution is 6.63. The lowest BCUT2D eigenvalue weighted by Crippen LogP contribution is -1.87. The second kappa shape index (κ2) is 14.3. The quantitative estimate of drug-likeness (QED) is 0.310. The fraction of sp³-hybridized carbons (Fsp3) is 0.867. The maximum atomic E-state index is 10.5. The van der Waals surface area contributed by atoms with Crippen LogP contribution in [0.4, 0.5) is 0 Å². The molecule has 0 spiro atoms. The minimum absolute atomic E-state index is 0.212. The van der Waals surface area contributed by atoms with Crippen molar-refractivity contribution in [2.75, 3.05) is 0 Å². The molecule has 0 fully saturated rings. The second-order valence-electron chi connectivity index (χ2n) is 5.10. The van der Waals surface area contributed by atoms with Crippen LogP contribution in [0.1, 0.15) is 83.5 Å². The number of halogens is 2. The molecule has 0 saturated carbocycles. The lowest BCUT2D eigenvalue weighted by atomic mass is 10.0. The molecule has 0 heterocycles. The Morgan fingerprint density at radius 2 is 0.684 bits per heavy atom. The molecule has 0 aliphatic heterocycles. The fourth-order valence-electron chi connectivity index (χ4n) is 2.12. The Kier molecular flexibility index (Phi) is 14.3. The van der Waals surface area contributed by atoms with Crippen molar-refractivity contribution in [3.8, 4) is 0 Å². The summed E-state index contributed by atoms with van der Waals surface area (Å²) in [4.78, 5) is 21.0. The van der Waals surface area contributed by atoms with E-state index in [9.17, 15) is 9.59 Å². The van der Waals surface area contributed by atoms with E-state index in [2.05, 4.69) is 0 Å². The maximum absolute atomic E-state index is 10.5. The second-order valence-corrected chi connectivity index (χ2v) is 5.94. The van der Waals surface area contributed by atoms with Gasteiger partial charge in [-0.2, -0.15) is 0 Å².